The standard InChI is InChI=1S/C15H18N4O/c1-11(9-19-7-6-16-10-19)17-15(20)14-8-12-4-2-3-5-13(12)18-14/h2-7,10-11,14,18H,8-9H2,1H3,(H,17,20). The lowest BCUT2D eigenvalue weighted by Gasteiger charge is -2.18. The molecule has 0 saturated carbocycles. The Balaban J connectivity index is 1.56. The van der Waals surface area contributed by atoms with Crippen molar-refractivity contribution in [2.45, 2.75) is 32.0 Å². The summed E-state index contributed by atoms with van der Waals surface area (Å²) in [5.41, 5.74) is 2.27. The molecule has 0 saturated heterocycles. The van der Waals surface area contributed by atoms with Crippen molar-refractivity contribution in [2.24, 2.45) is 0 Å². The predicted molar refractivity (Wildman–Crippen MR) is 77.4 cm³/mol. The maximum absolute atomic E-state index is 12.3. The van der Waals surface area contributed by atoms with Crippen LogP contribution in [-0.4, -0.2) is 27.5 Å². The first-order chi connectivity index (χ1) is 9.72. The Morgan fingerprint density at radius 3 is 3.15 bits per heavy atom. The molecule has 2 atom stereocenters. The Bertz CT molecular complexity index is 569. The zero-order chi connectivity index (χ0) is 13.9. The van der Waals surface area contributed by atoms with Crippen LogP contribution in [0.25, 0.3) is 0 Å². The van der Waals surface area contributed by atoms with Gasteiger partial charge in [0, 0.05) is 37.1 Å². The van der Waals surface area contributed by atoms with Crippen LogP contribution in [-0.2, 0) is 17.8 Å². The van der Waals surface area contributed by atoms with E-state index in [2.05, 4.69) is 21.7 Å². The minimum absolute atomic E-state index is 0.0498. The number of fused-ring (bicyclic) bond motifs is 1. The fraction of sp³-hybridized carbons (Fsp3) is 0.333. The molecule has 5 heteroatoms. The summed E-state index contributed by atoms with van der Waals surface area (Å²) >= 11 is 0. The summed E-state index contributed by atoms with van der Waals surface area (Å²) in [7, 11) is 0. The highest BCUT2D eigenvalue weighted by Gasteiger charge is 2.26. The number of nitrogens with one attached hydrogen (secondary N) is 2. The maximum Gasteiger partial charge on any atom is 0.243 e. The van der Waals surface area contributed by atoms with Crippen LogP contribution < -0.4 is 10.6 Å². The number of para-hydroxylation sites is 1. The van der Waals surface area contributed by atoms with Gasteiger partial charge in [-0.15, -0.1) is 0 Å². The van der Waals surface area contributed by atoms with Gasteiger partial charge in [0.05, 0.1) is 6.33 Å². The molecule has 5 nitrogen and oxygen atoms in total. The lowest BCUT2D eigenvalue weighted by molar-refractivity contribution is -0.122. The number of imidazole rings is 1. The highest BCUT2D eigenvalue weighted by molar-refractivity contribution is 5.87. The predicted octanol–water partition coefficient (Wildman–Crippen LogP) is 1.42. The third kappa shape index (κ3) is 2.66. The summed E-state index contributed by atoms with van der Waals surface area (Å²) in [6.07, 6.45) is 6.14. The molecule has 2 heterocycles. The third-order valence-electron chi connectivity index (χ3n) is 3.52. The van der Waals surface area contributed by atoms with Crippen molar-refractivity contribution in [2.75, 3.05) is 5.32 Å². The molecule has 0 spiro atoms. The molecule has 0 aliphatic carbocycles. The lowest BCUT2D eigenvalue weighted by atomic mass is 10.1. The topological polar surface area (TPSA) is 59.0 Å². The normalized spacial score (nSPS) is 18.1. The summed E-state index contributed by atoms with van der Waals surface area (Å²) < 4.78 is 1.96. The number of anilines is 1. The second kappa shape index (κ2) is 5.36. The van der Waals surface area contributed by atoms with Crippen LogP contribution in [0.1, 0.15) is 12.5 Å². The van der Waals surface area contributed by atoms with Crippen LogP contribution >= 0.6 is 0 Å². The van der Waals surface area contributed by atoms with Crippen molar-refractivity contribution in [3.8, 4) is 0 Å². The first-order valence-corrected chi connectivity index (χ1v) is 6.83. The van der Waals surface area contributed by atoms with Crippen LogP contribution in [0.4, 0.5) is 5.69 Å². The number of carbonyl (C=O) groups excluding carboxylic acids is 1. The minimum Gasteiger partial charge on any atom is -0.373 e. The van der Waals surface area contributed by atoms with Gasteiger partial charge in [-0.1, -0.05) is 18.2 Å². The summed E-state index contributed by atoms with van der Waals surface area (Å²) in [6.45, 7) is 2.73. The van der Waals surface area contributed by atoms with E-state index in [-0.39, 0.29) is 18.0 Å². The molecule has 1 amide bonds. The van der Waals surface area contributed by atoms with Crippen LogP contribution in [0.2, 0.25) is 0 Å². The molecule has 1 aromatic heterocycles. The van der Waals surface area contributed by atoms with Gasteiger partial charge in [-0.25, -0.2) is 4.98 Å². The Morgan fingerprint density at radius 1 is 1.55 bits per heavy atom. The largest absolute Gasteiger partial charge is 0.373 e. The molecule has 2 aromatic rings. The van der Waals surface area contributed by atoms with E-state index < -0.39 is 0 Å². The molecule has 1 aromatic carbocycles. The van der Waals surface area contributed by atoms with Gasteiger partial charge < -0.3 is 15.2 Å². The van der Waals surface area contributed by atoms with E-state index in [0.717, 1.165) is 18.7 Å². The van der Waals surface area contributed by atoms with Crippen LogP contribution in [0.5, 0.6) is 0 Å². The number of aromatic nitrogens is 2. The fourth-order valence-electron chi connectivity index (χ4n) is 2.56. The van der Waals surface area contributed by atoms with Crippen LogP contribution in [0.3, 0.4) is 0 Å². The molecular formula is C15H18N4O. The lowest BCUT2D eigenvalue weighted by Crippen LogP contribution is -2.44. The van der Waals surface area contributed by atoms with Gasteiger partial charge in [-0.05, 0) is 18.6 Å². The molecule has 0 radical (unpaired) electrons. The van der Waals surface area contributed by atoms with Gasteiger partial charge in [0.15, 0.2) is 0 Å². The number of carbonyl (C=O) groups is 1. The average Bonchev–Trinajstić information content (AvgIpc) is 3.06. The second-order valence-corrected chi connectivity index (χ2v) is 5.23. The first kappa shape index (κ1) is 12.7. The van der Waals surface area contributed by atoms with Crippen molar-refractivity contribution in [3.63, 3.8) is 0 Å². The summed E-state index contributed by atoms with van der Waals surface area (Å²) in [5.74, 6) is 0.0498. The number of nitrogens with zero attached hydrogens (tertiary/aromatic N) is 2. The number of amides is 1. The zero-order valence-corrected chi connectivity index (χ0v) is 11.4. The summed E-state index contributed by atoms with van der Waals surface area (Å²) in [6, 6.07) is 7.96. The number of hydrogen-bond acceptors (Lipinski definition) is 3. The van der Waals surface area contributed by atoms with Crippen molar-refractivity contribution < 1.29 is 4.79 Å². The van der Waals surface area contributed by atoms with Gasteiger partial charge in [0.2, 0.25) is 5.91 Å². The molecule has 2 unspecified atom stereocenters. The Kier molecular flexibility index (Phi) is 3.41. The van der Waals surface area contributed by atoms with Gasteiger partial charge in [-0.3, -0.25) is 4.79 Å². The molecule has 20 heavy (non-hydrogen) atoms. The van der Waals surface area contributed by atoms with E-state index in [1.54, 1.807) is 12.5 Å². The summed E-state index contributed by atoms with van der Waals surface area (Å²) in [5, 5.41) is 6.31. The second-order valence-electron chi connectivity index (χ2n) is 5.23. The highest BCUT2D eigenvalue weighted by Crippen LogP contribution is 2.25. The maximum atomic E-state index is 12.3. The van der Waals surface area contributed by atoms with Gasteiger partial charge >= 0.3 is 0 Å². The smallest absolute Gasteiger partial charge is 0.243 e. The van der Waals surface area contributed by atoms with Crippen molar-refractivity contribution in [3.05, 3.63) is 48.5 Å². The quantitative estimate of drug-likeness (QED) is 0.883. The fourth-order valence-corrected chi connectivity index (χ4v) is 2.56. The molecule has 0 fully saturated rings. The van der Waals surface area contributed by atoms with Gasteiger partial charge in [-0.2, -0.15) is 0 Å². The molecule has 0 bridgehead atoms. The van der Waals surface area contributed by atoms with E-state index >= 15 is 0 Å². The van der Waals surface area contributed by atoms with Crippen LogP contribution in [0.15, 0.2) is 43.0 Å². The molecule has 1 aliphatic heterocycles. The molecular weight excluding hydrogens is 252 g/mol. The summed E-state index contributed by atoms with van der Waals surface area (Å²) in [4.78, 5) is 16.3. The van der Waals surface area contributed by atoms with Gasteiger partial charge in [0.25, 0.3) is 0 Å². The van der Waals surface area contributed by atoms with E-state index in [0.29, 0.717) is 0 Å². The third-order valence-corrected chi connectivity index (χ3v) is 3.52. The molecule has 2 N–H and O–H groups in total. The van der Waals surface area contributed by atoms with Crippen molar-refractivity contribution in [1.29, 1.82) is 0 Å². The SMILES string of the molecule is CC(Cn1ccnc1)NC(=O)C1Cc2ccccc2N1. The highest BCUT2D eigenvalue weighted by atomic mass is 16.2. The number of rotatable bonds is 4. The first-order valence-electron chi connectivity index (χ1n) is 6.83. The Morgan fingerprint density at radius 2 is 2.40 bits per heavy atom. The molecule has 1 aliphatic rings. The van der Waals surface area contributed by atoms with E-state index in [1.807, 2.05) is 35.9 Å². The Labute approximate surface area is 118 Å². The van der Waals surface area contributed by atoms with E-state index in [9.17, 15) is 4.79 Å². The van der Waals surface area contributed by atoms with Crippen molar-refractivity contribution >= 4 is 11.6 Å². The average molecular weight is 270 g/mol. The number of benzene rings is 1. The van der Waals surface area contributed by atoms with E-state index in [4.69, 9.17) is 0 Å². The zero-order valence-electron chi connectivity index (χ0n) is 11.4. The van der Waals surface area contributed by atoms with Gasteiger partial charge in [0.1, 0.15) is 6.04 Å². The molecule has 3 rings (SSSR count). The van der Waals surface area contributed by atoms with Crippen LogP contribution in [0, 0.1) is 0 Å². The molecule has 104 valence electrons. The monoisotopic (exact) mass is 270 g/mol. The van der Waals surface area contributed by atoms with Crippen molar-refractivity contribution in [1.82, 2.24) is 14.9 Å². The minimum atomic E-state index is -0.169. The Hall–Kier alpha value is -2.30. The van der Waals surface area contributed by atoms with E-state index in [1.165, 1.54) is 5.56 Å². The number of hydrogen-bond donors (Lipinski definition) is 2.